The molecule has 1 N–H and O–H groups in total. The lowest BCUT2D eigenvalue weighted by Crippen LogP contribution is -2.48. The molecule has 0 radical (unpaired) electrons. The molecule has 0 aliphatic carbocycles. The zero-order valence-electron chi connectivity index (χ0n) is 13.6. The summed E-state index contributed by atoms with van der Waals surface area (Å²) in [7, 11) is 0. The smallest absolute Gasteiger partial charge is 0.257 e. The Morgan fingerprint density at radius 1 is 1.21 bits per heavy atom. The Hall–Kier alpha value is -2.54. The van der Waals surface area contributed by atoms with Crippen molar-refractivity contribution in [2.75, 3.05) is 38.0 Å². The highest BCUT2D eigenvalue weighted by molar-refractivity contribution is 5.93. The molecule has 2 aromatic rings. The van der Waals surface area contributed by atoms with Gasteiger partial charge in [-0.15, -0.1) is 0 Å². The van der Waals surface area contributed by atoms with Crippen LogP contribution in [0.25, 0.3) is 0 Å². The van der Waals surface area contributed by atoms with Crippen LogP contribution in [0.1, 0.15) is 17.3 Å². The summed E-state index contributed by atoms with van der Waals surface area (Å²) in [6, 6.07) is 6.05. The molecule has 6 nitrogen and oxygen atoms in total. The Kier molecular flexibility index (Phi) is 5.00. The topological polar surface area (TPSA) is 61.4 Å². The lowest BCUT2D eigenvalue weighted by Gasteiger charge is -2.33. The second-order valence-corrected chi connectivity index (χ2v) is 5.66. The fourth-order valence-corrected chi connectivity index (χ4v) is 2.65. The lowest BCUT2D eigenvalue weighted by molar-refractivity contribution is 0.0642. The number of hydrogen-bond acceptors (Lipinski definition) is 5. The molecule has 1 saturated heterocycles. The van der Waals surface area contributed by atoms with Crippen molar-refractivity contribution in [2.45, 2.75) is 6.92 Å². The predicted octanol–water partition coefficient (Wildman–Crippen LogP) is 2.14. The van der Waals surface area contributed by atoms with E-state index in [9.17, 15) is 9.18 Å². The van der Waals surface area contributed by atoms with Gasteiger partial charge < -0.3 is 15.1 Å². The number of nitrogens with zero attached hydrogens (tertiary/aromatic N) is 4. The quantitative estimate of drug-likeness (QED) is 0.931. The number of rotatable bonds is 4. The van der Waals surface area contributed by atoms with E-state index >= 15 is 0 Å². The summed E-state index contributed by atoms with van der Waals surface area (Å²) >= 11 is 0. The van der Waals surface area contributed by atoms with Crippen LogP contribution in [0.3, 0.4) is 0 Å². The second kappa shape index (κ2) is 7.35. The van der Waals surface area contributed by atoms with Crippen LogP contribution in [0, 0.1) is 5.82 Å². The van der Waals surface area contributed by atoms with Gasteiger partial charge in [0, 0.05) is 44.3 Å². The summed E-state index contributed by atoms with van der Waals surface area (Å²) in [5.74, 6) is -0.0611. The van der Waals surface area contributed by atoms with Crippen LogP contribution >= 0.6 is 0 Å². The number of aromatic nitrogens is 2. The summed E-state index contributed by atoms with van der Waals surface area (Å²) in [6.45, 7) is 6.35. The van der Waals surface area contributed by atoms with Crippen molar-refractivity contribution >= 4 is 17.5 Å². The van der Waals surface area contributed by atoms with Gasteiger partial charge in [0.1, 0.15) is 5.82 Å². The zero-order valence-corrected chi connectivity index (χ0v) is 13.6. The highest BCUT2D eigenvalue weighted by Gasteiger charge is 2.21. The van der Waals surface area contributed by atoms with E-state index in [0.717, 1.165) is 32.7 Å². The minimum absolute atomic E-state index is 0.0527. The van der Waals surface area contributed by atoms with Gasteiger partial charge in [-0.25, -0.2) is 14.4 Å². The molecule has 0 unspecified atom stereocenters. The van der Waals surface area contributed by atoms with E-state index in [1.165, 1.54) is 24.5 Å². The first-order valence-electron chi connectivity index (χ1n) is 8.02. The fourth-order valence-electron chi connectivity index (χ4n) is 2.65. The summed E-state index contributed by atoms with van der Waals surface area (Å²) in [4.78, 5) is 24.9. The summed E-state index contributed by atoms with van der Waals surface area (Å²) in [6.07, 6.45) is 3.01. The minimum Gasteiger partial charge on any atom is -0.336 e. The molecule has 1 amide bonds. The van der Waals surface area contributed by atoms with Gasteiger partial charge in [0.15, 0.2) is 0 Å². The highest BCUT2D eigenvalue weighted by atomic mass is 19.1. The number of carbonyl (C=O) groups is 1. The second-order valence-electron chi connectivity index (χ2n) is 5.66. The minimum atomic E-state index is -0.335. The third kappa shape index (κ3) is 3.86. The molecule has 1 aromatic heterocycles. The number of hydrogen-bond donors (Lipinski definition) is 1. The third-order valence-corrected chi connectivity index (χ3v) is 4.09. The van der Waals surface area contributed by atoms with Crippen LogP contribution in [0.15, 0.2) is 36.7 Å². The zero-order chi connectivity index (χ0) is 16.9. The molecule has 0 bridgehead atoms. The molecule has 1 aromatic carbocycles. The molecule has 0 atom stereocenters. The average Bonchev–Trinajstić information content (AvgIpc) is 2.62. The normalized spacial score (nSPS) is 15.3. The fraction of sp³-hybridized carbons (Fsp3) is 0.353. The van der Waals surface area contributed by atoms with Gasteiger partial charge in [-0.3, -0.25) is 4.79 Å². The van der Waals surface area contributed by atoms with E-state index in [0.29, 0.717) is 17.2 Å². The number of piperazine rings is 1. The molecular weight excluding hydrogens is 309 g/mol. The molecule has 24 heavy (non-hydrogen) atoms. The van der Waals surface area contributed by atoms with E-state index in [1.54, 1.807) is 12.1 Å². The summed E-state index contributed by atoms with van der Waals surface area (Å²) < 4.78 is 13.2. The van der Waals surface area contributed by atoms with Gasteiger partial charge in [0.25, 0.3) is 5.91 Å². The van der Waals surface area contributed by atoms with Gasteiger partial charge in [-0.2, -0.15) is 0 Å². The molecule has 0 spiro atoms. The van der Waals surface area contributed by atoms with Crippen LogP contribution in [0.5, 0.6) is 0 Å². The Balaban J connectivity index is 1.63. The number of benzene rings is 1. The SMILES string of the molecule is CCN1CCN(C(=O)c2cnc(Nc3cccc(F)c3)nc2)CC1. The molecule has 126 valence electrons. The van der Waals surface area contributed by atoms with Crippen molar-refractivity contribution in [1.82, 2.24) is 19.8 Å². The van der Waals surface area contributed by atoms with Crippen LogP contribution < -0.4 is 5.32 Å². The van der Waals surface area contributed by atoms with Gasteiger partial charge in [-0.1, -0.05) is 13.0 Å². The van der Waals surface area contributed by atoms with Crippen molar-refractivity contribution in [3.05, 3.63) is 48.0 Å². The molecule has 1 fully saturated rings. The van der Waals surface area contributed by atoms with Crippen LogP contribution in [0.2, 0.25) is 0 Å². The lowest BCUT2D eigenvalue weighted by atomic mass is 10.2. The number of nitrogens with one attached hydrogen (secondary N) is 1. The largest absolute Gasteiger partial charge is 0.336 e. The van der Waals surface area contributed by atoms with Crippen molar-refractivity contribution in [3.63, 3.8) is 0 Å². The van der Waals surface area contributed by atoms with Gasteiger partial charge in [-0.05, 0) is 24.7 Å². The number of carbonyl (C=O) groups excluding carboxylic acids is 1. The molecule has 1 aliphatic heterocycles. The van der Waals surface area contributed by atoms with E-state index in [-0.39, 0.29) is 11.7 Å². The maximum absolute atomic E-state index is 13.2. The monoisotopic (exact) mass is 329 g/mol. The number of likely N-dealkylation sites (N-methyl/N-ethyl adjacent to an activating group) is 1. The number of halogens is 1. The molecule has 1 aliphatic rings. The number of amides is 1. The first-order valence-corrected chi connectivity index (χ1v) is 8.02. The summed E-state index contributed by atoms with van der Waals surface area (Å²) in [5.41, 5.74) is 1.02. The van der Waals surface area contributed by atoms with Crippen molar-refractivity contribution < 1.29 is 9.18 Å². The maximum Gasteiger partial charge on any atom is 0.257 e. The molecular formula is C17H20FN5O. The first-order chi connectivity index (χ1) is 11.7. The van der Waals surface area contributed by atoms with Crippen molar-refractivity contribution in [2.24, 2.45) is 0 Å². The van der Waals surface area contributed by atoms with E-state index < -0.39 is 0 Å². The van der Waals surface area contributed by atoms with E-state index in [2.05, 4.69) is 27.1 Å². The Morgan fingerprint density at radius 2 is 1.92 bits per heavy atom. The van der Waals surface area contributed by atoms with Crippen LogP contribution in [0.4, 0.5) is 16.0 Å². The van der Waals surface area contributed by atoms with E-state index in [4.69, 9.17) is 0 Å². The molecule has 7 heteroatoms. The van der Waals surface area contributed by atoms with Crippen molar-refractivity contribution in [3.8, 4) is 0 Å². The third-order valence-electron chi connectivity index (χ3n) is 4.09. The Morgan fingerprint density at radius 3 is 2.54 bits per heavy atom. The Labute approximate surface area is 140 Å². The molecule has 0 saturated carbocycles. The van der Waals surface area contributed by atoms with E-state index in [1.807, 2.05) is 4.90 Å². The number of anilines is 2. The summed E-state index contributed by atoms with van der Waals surface area (Å²) in [5, 5.41) is 2.91. The average molecular weight is 329 g/mol. The standard InChI is InChI=1S/C17H20FN5O/c1-2-22-6-8-23(9-7-22)16(24)13-11-19-17(20-12-13)21-15-5-3-4-14(18)10-15/h3-5,10-12H,2,6-9H2,1H3,(H,19,20,21). The maximum atomic E-state index is 13.2. The predicted molar refractivity (Wildman–Crippen MR) is 89.7 cm³/mol. The molecule has 2 heterocycles. The van der Waals surface area contributed by atoms with Gasteiger partial charge >= 0.3 is 0 Å². The van der Waals surface area contributed by atoms with Gasteiger partial charge in [0.2, 0.25) is 5.95 Å². The van der Waals surface area contributed by atoms with Gasteiger partial charge in [0.05, 0.1) is 5.56 Å². The highest BCUT2D eigenvalue weighted by Crippen LogP contribution is 2.14. The van der Waals surface area contributed by atoms with Crippen LogP contribution in [-0.4, -0.2) is 58.4 Å². The first kappa shape index (κ1) is 16.3. The van der Waals surface area contributed by atoms with Crippen molar-refractivity contribution in [1.29, 1.82) is 0 Å². The molecule has 3 rings (SSSR count). The van der Waals surface area contributed by atoms with Crippen LogP contribution in [-0.2, 0) is 0 Å². The Bertz CT molecular complexity index is 698.